The predicted molar refractivity (Wildman–Crippen MR) is 110 cm³/mol. The van der Waals surface area contributed by atoms with Gasteiger partial charge in [0.05, 0.1) is 17.2 Å². The summed E-state index contributed by atoms with van der Waals surface area (Å²) in [4.78, 5) is 25.7. The van der Waals surface area contributed by atoms with Crippen LogP contribution in [0.1, 0.15) is 11.1 Å². The Kier molecular flexibility index (Phi) is 5.10. The fraction of sp³-hybridized carbons (Fsp3) is 0.318. The van der Waals surface area contributed by atoms with E-state index in [-0.39, 0.29) is 12.5 Å². The molecule has 0 aliphatic carbocycles. The molecule has 0 atom stereocenters. The maximum Gasteiger partial charge on any atom is 0.260 e. The molecule has 1 saturated heterocycles. The normalized spacial score (nSPS) is 14.4. The number of hydrogen-bond donors (Lipinski definition) is 0. The highest BCUT2D eigenvalue weighted by atomic mass is 16.5. The first kappa shape index (κ1) is 18.2. The monoisotopic (exact) mass is 376 g/mol. The van der Waals surface area contributed by atoms with Gasteiger partial charge in [0.25, 0.3) is 5.91 Å². The molecule has 0 N–H and O–H groups in total. The Morgan fingerprint density at radius 1 is 1.00 bits per heavy atom. The Labute approximate surface area is 164 Å². The van der Waals surface area contributed by atoms with Crippen molar-refractivity contribution in [3.05, 3.63) is 59.8 Å². The van der Waals surface area contributed by atoms with Crippen LogP contribution in [0.3, 0.4) is 0 Å². The van der Waals surface area contributed by atoms with Crippen LogP contribution in [0, 0.1) is 13.8 Å². The lowest BCUT2D eigenvalue weighted by Crippen LogP contribution is -2.50. The number of para-hydroxylation sites is 2. The van der Waals surface area contributed by atoms with Crippen molar-refractivity contribution in [2.45, 2.75) is 13.8 Å². The topological polar surface area (TPSA) is 58.6 Å². The lowest BCUT2D eigenvalue weighted by Gasteiger charge is -2.35. The van der Waals surface area contributed by atoms with Crippen LogP contribution in [-0.4, -0.2) is 53.6 Å². The van der Waals surface area contributed by atoms with Crippen molar-refractivity contribution in [1.82, 2.24) is 14.9 Å². The Balaban J connectivity index is 1.32. The first-order valence-electron chi connectivity index (χ1n) is 9.55. The van der Waals surface area contributed by atoms with Crippen LogP contribution in [0.2, 0.25) is 0 Å². The van der Waals surface area contributed by atoms with Crippen molar-refractivity contribution in [3.8, 4) is 5.75 Å². The maximum atomic E-state index is 12.5. The molecule has 0 saturated carbocycles. The third kappa shape index (κ3) is 3.91. The van der Waals surface area contributed by atoms with Crippen LogP contribution in [0.5, 0.6) is 5.75 Å². The summed E-state index contributed by atoms with van der Waals surface area (Å²) in [6.45, 7) is 6.96. The average molecular weight is 376 g/mol. The highest BCUT2D eigenvalue weighted by Gasteiger charge is 2.22. The van der Waals surface area contributed by atoms with Gasteiger partial charge in [-0.15, -0.1) is 0 Å². The second kappa shape index (κ2) is 7.84. The number of fused-ring (bicyclic) bond motifs is 1. The van der Waals surface area contributed by atoms with Crippen LogP contribution >= 0.6 is 0 Å². The fourth-order valence-electron chi connectivity index (χ4n) is 3.32. The Morgan fingerprint density at radius 2 is 1.75 bits per heavy atom. The molecule has 0 spiro atoms. The largest absolute Gasteiger partial charge is 0.484 e. The van der Waals surface area contributed by atoms with Gasteiger partial charge in [-0.05, 0) is 49.2 Å². The third-order valence-corrected chi connectivity index (χ3v) is 5.23. The third-order valence-electron chi connectivity index (χ3n) is 5.23. The molecular weight excluding hydrogens is 352 g/mol. The summed E-state index contributed by atoms with van der Waals surface area (Å²) in [6.07, 6.45) is 1.81. The summed E-state index contributed by atoms with van der Waals surface area (Å²) in [6, 6.07) is 13.7. The molecule has 1 amide bonds. The number of benzene rings is 2. The van der Waals surface area contributed by atoms with E-state index in [0.29, 0.717) is 13.1 Å². The van der Waals surface area contributed by atoms with Crippen LogP contribution in [0.25, 0.3) is 11.0 Å². The number of carbonyl (C=O) groups excluding carboxylic acids is 1. The highest BCUT2D eigenvalue weighted by Crippen LogP contribution is 2.18. The molecule has 2 heterocycles. The standard InChI is InChI=1S/C22H24N4O2/c1-16-7-8-18(13-17(16)2)28-15-22(27)26-11-9-25(10-12-26)21-14-23-19-5-3-4-6-20(19)24-21/h3-8,13-14H,9-12,15H2,1-2H3. The lowest BCUT2D eigenvalue weighted by atomic mass is 10.1. The zero-order valence-corrected chi connectivity index (χ0v) is 16.3. The van der Waals surface area contributed by atoms with E-state index in [9.17, 15) is 4.79 Å². The zero-order valence-electron chi connectivity index (χ0n) is 16.3. The number of aromatic nitrogens is 2. The van der Waals surface area contributed by atoms with Crippen LogP contribution in [0.4, 0.5) is 5.82 Å². The van der Waals surface area contributed by atoms with E-state index in [1.165, 1.54) is 5.56 Å². The molecule has 2 aromatic carbocycles. The first-order valence-corrected chi connectivity index (χ1v) is 9.55. The van der Waals surface area contributed by atoms with Gasteiger partial charge in [-0.1, -0.05) is 18.2 Å². The summed E-state index contributed by atoms with van der Waals surface area (Å²) in [7, 11) is 0. The van der Waals surface area contributed by atoms with Crippen LogP contribution in [-0.2, 0) is 4.79 Å². The van der Waals surface area contributed by atoms with Crippen molar-refractivity contribution >= 4 is 22.8 Å². The average Bonchev–Trinajstić information content (AvgIpc) is 2.74. The molecule has 0 radical (unpaired) electrons. The summed E-state index contributed by atoms with van der Waals surface area (Å²) in [5, 5.41) is 0. The first-order chi connectivity index (χ1) is 13.6. The number of anilines is 1. The van der Waals surface area contributed by atoms with E-state index in [2.05, 4.69) is 16.8 Å². The fourth-order valence-corrected chi connectivity index (χ4v) is 3.32. The number of piperazine rings is 1. The van der Waals surface area contributed by atoms with E-state index in [1.54, 1.807) is 0 Å². The number of hydrogen-bond acceptors (Lipinski definition) is 5. The second-order valence-corrected chi connectivity index (χ2v) is 7.12. The van der Waals surface area contributed by atoms with E-state index in [4.69, 9.17) is 9.72 Å². The Morgan fingerprint density at radius 3 is 2.50 bits per heavy atom. The minimum Gasteiger partial charge on any atom is -0.484 e. The van der Waals surface area contributed by atoms with Gasteiger partial charge in [-0.2, -0.15) is 0 Å². The number of nitrogens with zero attached hydrogens (tertiary/aromatic N) is 4. The minimum absolute atomic E-state index is 0.0162. The molecule has 0 bridgehead atoms. The van der Waals surface area contributed by atoms with E-state index in [1.807, 2.05) is 60.5 Å². The summed E-state index contributed by atoms with van der Waals surface area (Å²) >= 11 is 0. The number of carbonyl (C=O) groups is 1. The smallest absolute Gasteiger partial charge is 0.260 e. The van der Waals surface area contributed by atoms with Gasteiger partial charge in [0.2, 0.25) is 0 Å². The lowest BCUT2D eigenvalue weighted by molar-refractivity contribution is -0.133. The summed E-state index contributed by atoms with van der Waals surface area (Å²) in [5.41, 5.74) is 4.16. The van der Waals surface area contributed by atoms with Crippen LogP contribution < -0.4 is 9.64 Å². The molecule has 1 aromatic heterocycles. The van der Waals surface area contributed by atoms with Crippen LogP contribution in [0.15, 0.2) is 48.7 Å². The van der Waals surface area contributed by atoms with Gasteiger partial charge in [-0.3, -0.25) is 9.78 Å². The van der Waals surface area contributed by atoms with Gasteiger partial charge in [0.15, 0.2) is 6.61 Å². The number of aryl methyl sites for hydroxylation is 2. The van der Waals surface area contributed by atoms with Crippen molar-refractivity contribution in [1.29, 1.82) is 0 Å². The van der Waals surface area contributed by atoms with Crippen molar-refractivity contribution in [3.63, 3.8) is 0 Å². The Hall–Kier alpha value is -3.15. The molecular formula is C22H24N4O2. The molecule has 28 heavy (non-hydrogen) atoms. The molecule has 1 aliphatic heterocycles. The van der Waals surface area contributed by atoms with Gasteiger partial charge >= 0.3 is 0 Å². The molecule has 1 aliphatic rings. The second-order valence-electron chi connectivity index (χ2n) is 7.12. The molecule has 144 valence electrons. The van der Waals surface area contributed by atoms with Gasteiger partial charge in [-0.25, -0.2) is 4.98 Å². The number of rotatable bonds is 4. The molecule has 6 nitrogen and oxygen atoms in total. The van der Waals surface area contributed by atoms with Gasteiger partial charge < -0.3 is 14.5 Å². The molecule has 3 aromatic rings. The van der Waals surface area contributed by atoms with E-state index >= 15 is 0 Å². The quantitative estimate of drug-likeness (QED) is 0.701. The van der Waals surface area contributed by atoms with Gasteiger partial charge in [0, 0.05) is 26.2 Å². The molecule has 6 heteroatoms. The summed E-state index contributed by atoms with van der Waals surface area (Å²) < 4.78 is 5.69. The molecule has 0 unspecified atom stereocenters. The molecule has 1 fully saturated rings. The van der Waals surface area contributed by atoms with E-state index < -0.39 is 0 Å². The minimum atomic E-state index is 0.0162. The maximum absolute atomic E-state index is 12.5. The highest BCUT2D eigenvalue weighted by molar-refractivity contribution is 5.78. The predicted octanol–water partition coefficient (Wildman–Crippen LogP) is 2.97. The van der Waals surface area contributed by atoms with Crippen molar-refractivity contribution in [2.75, 3.05) is 37.7 Å². The van der Waals surface area contributed by atoms with E-state index in [0.717, 1.165) is 41.3 Å². The zero-order chi connectivity index (χ0) is 19.5. The SMILES string of the molecule is Cc1ccc(OCC(=O)N2CCN(c3cnc4ccccc4n3)CC2)cc1C. The van der Waals surface area contributed by atoms with Gasteiger partial charge in [0.1, 0.15) is 11.6 Å². The number of ether oxygens (including phenoxy) is 1. The summed E-state index contributed by atoms with van der Waals surface area (Å²) in [5.74, 6) is 1.61. The molecule has 4 rings (SSSR count). The van der Waals surface area contributed by atoms with Crippen molar-refractivity contribution in [2.24, 2.45) is 0 Å². The Bertz CT molecular complexity index is 997. The number of amides is 1. The van der Waals surface area contributed by atoms with Crippen molar-refractivity contribution < 1.29 is 9.53 Å².